The molecule has 1 aromatic heterocycles. The molecule has 0 aliphatic rings. The summed E-state index contributed by atoms with van der Waals surface area (Å²) in [6, 6.07) is 25.1. The Bertz CT molecular complexity index is 1420. The van der Waals surface area contributed by atoms with Gasteiger partial charge in [0.05, 0.1) is 24.6 Å². The summed E-state index contributed by atoms with van der Waals surface area (Å²) in [5, 5.41) is 0.657. The van der Waals surface area contributed by atoms with Gasteiger partial charge in [0.25, 0.3) is 0 Å². The molecular formula is C29H21ClN2O3. The molecule has 3 aromatic carbocycles. The Labute approximate surface area is 209 Å². The second-order valence-corrected chi connectivity index (χ2v) is 8.07. The van der Waals surface area contributed by atoms with Crippen LogP contribution in [0.2, 0.25) is 5.02 Å². The van der Waals surface area contributed by atoms with Crippen LogP contribution < -0.4 is 4.90 Å². The number of benzene rings is 3. The van der Waals surface area contributed by atoms with Gasteiger partial charge >= 0.3 is 5.97 Å². The lowest BCUT2D eigenvalue weighted by Gasteiger charge is -2.19. The van der Waals surface area contributed by atoms with E-state index in [1.54, 1.807) is 24.4 Å². The van der Waals surface area contributed by atoms with Crippen LogP contribution in [0.1, 0.15) is 37.5 Å². The van der Waals surface area contributed by atoms with E-state index in [2.05, 4.69) is 16.8 Å². The first-order valence-electron chi connectivity index (χ1n) is 10.8. The molecular weight excluding hydrogens is 460 g/mol. The normalized spacial score (nSPS) is 10.1. The molecule has 0 fully saturated rings. The van der Waals surface area contributed by atoms with Crippen molar-refractivity contribution in [1.82, 2.24) is 4.98 Å². The number of carbonyl (C=O) groups excluding carboxylic acids is 2. The van der Waals surface area contributed by atoms with Crippen LogP contribution in [0.4, 0.5) is 11.4 Å². The fourth-order valence-electron chi connectivity index (χ4n) is 3.41. The molecule has 0 unspecified atom stereocenters. The van der Waals surface area contributed by atoms with Gasteiger partial charge in [0.1, 0.15) is 5.69 Å². The smallest absolute Gasteiger partial charge is 0.339 e. The summed E-state index contributed by atoms with van der Waals surface area (Å²) in [6.07, 6.45) is 1.63. The predicted molar refractivity (Wildman–Crippen MR) is 137 cm³/mol. The van der Waals surface area contributed by atoms with Gasteiger partial charge in [-0.1, -0.05) is 41.6 Å². The summed E-state index contributed by atoms with van der Waals surface area (Å²) in [4.78, 5) is 31.8. The minimum atomic E-state index is -0.565. The standard InChI is InChI=1S/C29H21ClN2O3/c1-32(24-14-12-23(30)13-15-24)25-16-17-27(31-19-25)28(33)22-11-10-21(26(18-22)29(34)35-2)9-8-20-6-4-3-5-7-20/h3-7,10-19H,1-2H3. The summed E-state index contributed by atoms with van der Waals surface area (Å²) in [6.45, 7) is 0. The van der Waals surface area contributed by atoms with Gasteiger partial charge in [0, 0.05) is 34.4 Å². The van der Waals surface area contributed by atoms with Crippen LogP contribution in [-0.2, 0) is 4.74 Å². The summed E-state index contributed by atoms with van der Waals surface area (Å²) in [5.74, 6) is 5.15. The molecule has 35 heavy (non-hydrogen) atoms. The Kier molecular flexibility index (Phi) is 7.25. The van der Waals surface area contributed by atoms with Gasteiger partial charge < -0.3 is 9.64 Å². The van der Waals surface area contributed by atoms with E-state index in [0.29, 0.717) is 16.1 Å². The number of hydrogen-bond donors (Lipinski definition) is 0. The van der Waals surface area contributed by atoms with E-state index in [1.165, 1.54) is 13.2 Å². The quantitative estimate of drug-likeness (QED) is 0.201. The van der Waals surface area contributed by atoms with Crippen LogP contribution in [-0.4, -0.2) is 30.9 Å². The van der Waals surface area contributed by atoms with E-state index in [0.717, 1.165) is 16.9 Å². The minimum Gasteiger partial charge on any atom is -0.465 e. The zero-order valence-corrected chi connectivity index (χ0v) is 19.9. The molecule has 0 aliphatic carbocycles. The average molecular weight is 481 g/mol. The molecule has 1 heterocycles. The Morgan fingerprint density at radius 2 is 1.60 bits per heavy atom. The molecule has 0 N–H and O–H groups in total. The number of ether oxygens (including phenoxy) is 1. The van der Waals surface area contributed by atoms with Crippen molar-refractivity contribution in [2.45, 2.75) is 0 Å². The maximum Gasteiger partial charge on any atom is 0.339 e. The lowest BCUT2D eigenvalue weighted by molar-refractivity contribution is 0.0600. The minimum absolute atomic E-state index is 0.223. The van der Waals surface area contributed by atoms with Crippen LogP contribution in [0.3, 0.4) is 0 Å². The van der Waals surface area contributed by atoms with Crippen molar-refractivity contribution in [1.29, 1.82) is 0 Å². The monoisotopic (exact) mass is 480 g/mol. The summed E-state index contributed by atoms with van der Waals surface area (Å²) in [5.41, 5.74) is 3.84. The number of methoxy groups -OCH3 is 1. The first kappa shape index (κ1) is 23.7. The first-order valence-corrected chi connectivity index (χ1v) is 11.1. The van der Waals surface area contributed by atoms with Crippen molar-refractivity contribution >= 4 is 34.7 Å². The molecule has 0 saturated carbocycles. The van der Waals surface area contributed by atoms with Crippen LogP contribution in [0.15, 0.2) is 91.1 Å². The second kappa shape index (κ2) is 10.7. The molecule has 0 amide bonds. The van der Waals surface area contributed by atoms with E-state index in [1.807, 2.05) is 72.6 Å². The van der Waals surface area contributed by atoms with Gasteiger partial charge in [-0.15, -0.1) is 0 Å². The molecule has 0 radical (unpaired) electrons. The second-order valence-electron chi connectivity index (χ2n) is 7.63. The number of nitrogens with zero attached hydrogens (tertiary/aromatic N) is 2. The van der Waals surface area contributed by atoms with Gasteiger partial charge in [-0.05, 0) is 66.7 Å². The highest BCUT2D eigenvalue weighted by atomic mass is 35.5. The third kappa shape index (κ3) is 5.57. The number of esters is 1. The van der Waals surface area contributed by atoms with Gasteiger partial charge in [0.2, 0.25) is 5.78 Å². The molecule has 0 bridgehead atoms. The van der Waals surface area contributed by atoms with E-state index in [9.17, 15) is 9.59 Å². The van der Waals surface area contributed by atoms with Crippen LogP contribution in [0.25, 0.3) is 0 Å². The van der Waals surface area contributed by atoms with Crippen molar-refractivity contribution in [3.05, 3.63) is 124 Å². The Morgan fingerprint density at radius 1 is 0.886 bits per heavy atom. The summed E-state index contributed by atoms with van der Waals surface area (Å²) < 4.78 is 4.91. The largest absolute Gasteiger partial charge is 0.465 e. The topological polar surface area (TPSA) is 59.5 Å². The lowest BCUT2D eigenvalue weighted by Crippen LogP contribution is -2.12. The van der Waals surface area contributed by atoms with Gasteiger partial charge in [0.15, 0.2) is 0 Å². The highest BCUT2D eigenvalue weighted by molar-refractivity contribution is 6.30. The Balaban J connectivity index is 1.59. The number of hydrogen-bond acceptors (Lipinski definition) is 5. The molecule has 0 atom stereocenters. The number of aromatic nitrogens is 1. The molecule has 0 spiro atoms. The van der Waals surface area contributed by atoms with Gasteiger partial charge in [-0.3, -0.25) is 9.78 Å². The average Bonchev–Trinajstić information content (AvgIpc) is 2.91. The lowest BCUT2D eigenvalue weighted by atomic mass is 10.00. The van der Waals surface area contributed by atoms with Gasteiger partial charge in [-0.2, -0.15) is 0 Å². The first-order chi connectivity index (χ1) is 17.0. The number of halogens is 1. The number of rotatable bonds is 5. The fourth-order valence-corrected chi connectivity index (χ4v) is 3.54. The zero-order chi connectivity index (χ0) is 24.8. The third-order valence-electron chi connectivity index (χ3n) is 5.38. The number of ketones is 1. The highest BCUT2D eigenvalue weighted by Crippen LogP contribution is 2.25. The van der Waals surface area contributed by atoms with E-state index in [4.69, 9.17) is 16.3 Å². The molecule has 6 heteroatoms. The van der Waals surface area contributed by atoms with E-state index < -0.39 is 5.97 Å². The van der Waals surface area contributed by atoms with Crippen molar-refractivity contribution in [3.63, 3.8) is 0 Å². The molecule has 5 nitrogen and oxygen atoms in total. The number of carbonyl (C=O) groups is 2. The Morgan fingerprint density at radius 3 is 2.26 bits per heavy atom. The van der Waals surface area contributed by atoms with Crippen molar-refractivity contribution in [2.75, 3.05) is 19.1 Å². The SMILES string of the molecule is COC(=O)c1cc(C(=O)c2ccc(N(C)c3ccc(Cl)cc3)cn2)ccc1C#Cc1ccccc1. The van der Waals surface area contributed by atoms with Crippen LogP contribution in [0.5, 0.6) is 0 Å². The summed E-state index contributed by atoms with van der Waals surface area (Å²) in [7, 11) is 3.20. The fraction of sp³-hybridized carbons (Fsp3) is 0.0690. The third-order valence-corrected chi connectivity index (χ3v) is 5.64. The molecule has 172 valence electrons. The maximum atomic E-state index is 13.1. The van der Waals surface area contributed by atoms with Crippen molar-refractivity contribution in [2.24, 2.45) is 0 Å². The van der Waals surface area contributed by atoms with Crippen LogP contribution >= 0.6 is 11.6 Å². The predicted octanol–water partition coefficient (Wildman–Crippen LogP) is 5.92. The van der Waals surface area contributed by atoms with Crippen LogP contribution in [0, 0.1) is 11.8 Å². The van der Waals surface area contributed by atoms with E-state index in [-0.39, 0.29) is 17.0 Å². The molecule has 0 saturated heterocycles. The maximum absolute atomic E-state index is 13.1. The Hall–Kier alpha value is -4.40. The number of anilines is 2. The van der Waals surface area contributed by atoms with Crippen molar-refractivity contribution in [3.8, 4) is 11.8 Å². The number of pyridine rings is 1. The molecule has 4 rings (SSSR count). The highest BCUT2D eigenvalue weighted by Gasteiger charge is 2.17. The van der Waals surface area contributed by atoms with Crippen molar-refractivity contribution < 1.29 is 14.3 Å². The van der Waals surface area contributed by atoms with Gasteiger partial charge in [-0.25, -0.2) is 4.79 Å². The molecule has 4 aromatic rings. The van der Waals surface area contributed by atoms with E-state index >= 15 is 0 Å². The molecule has 0 aliphatic heterocycles. The summed E-state index contributed by atoms with van der Waals surface area (Å²) >= 11 is 5.97. The zero-order valence-electron chi connectivity index (χ0n) is 19.2.